The second-order valence-electron chi connectivity index (χ2n) is 5.56. The number of benzene rings is 2. The van der Waals surface area contributed by atoms with Crippen molar-refractivity contribution in [3.8, 4) is 0 Å². The topological polar surface area (TPSA) is 73.2 Å². The molecule has 0 atom stereocenters. The molecule has 0 amide bonds. The van der Waals surface area contributed by atoms with E-state index in [-0.39, 0.29) is 49.0 Å². The molecule has 0 unspecified atom stereocenters. The van der Waals surface area contributed by atoms with E-state index in [2.05, 4.69) is 37.6 Å². The van der Waals surface area contributed by atoms with Crippen molar-refractivity contribution in [3.05, 3.63) is 63.1 Å². The zero-order valence-corrected chi connectivity index (χ0v) is 20.8. The smallest absolute Gasteiger partial charge is 0.261 e. The van der Waals surface area contributed by atoms with E-state index < -0.39 is 10.0 Å². The molecule has 1 radical (unpaired) electrons. The van der Waals surface area contributed by atoms with Gasteiger partial charge in [0.1, 0.15) is 0 Å². The molecule has 125 valence electrons. The van der Waals surface area contributed by atoms with Crippen LogP contribution in [0, 0.1) is 47.6 Å². The normalized spacial score (nSPS) is 13.0. The van der Waals surface area contributed by atoms with Crippen molar-refractivity contribution >= 4 is 54.9 Å². The quantitative estimate of drug-likeness (QED) is 0.423. The molecular formula is C17H13AcIN3O2S-. The number of halogens is 1. The summed E-state index contributed by atoms with van der Waals surface area (Å²) < 4.78 is 28.9. The van der Waals surface area contributed by atoms with Crippen molar-refractivity contribution in [1.82, 2.24) is 4.98 Å². The number of pyridine rings is 1. The first-order valence-corrected chi connectivity index (χ1v) is 9.97. The minimum Gasteiger partial charge on any atom is -0.684 e. The Hall–Kier alpha value is -0.428. The fraction of sp³-hybridized carbons (Fsp3) is 0.118. The molecule has 0 fully saturated rings. The van der Waals surface area contributed by atoms with Gasteiger partial charge in [-0.15, -0.1) is 12.2 Å². The zero-order chi connectivity index (χ0) is 16.7. The molecule has 0 saturated carbocycles. The van der Waals surface area contributed by atoms with Crippen molar-refractivity contribution in [2.75, 3.05) is 11.3 Å². The third-order valence-corrected chi connectivity index (χ3v) is 6.19. The van der Waals surface area contributed by atoms with E-state index in [0.29, 0.717) is 5.69 Å². The van der Waals surface area contributed by atoms with Gasteiger partial charge in [-0.1, -0.05) is 23.8 Å². The molecule has 0 aliphatic carbocycles. The van der Waals surface area contributed by atoms with Crippen LogP contribution >= 0.6 is 22.6 Å². The van der Waals surface area contributed by atoms with Crippen LogP contribution in [-0.4, -0.2) is 19.9 Å². The van der Waals surface area contributed by atoms with Crippen LogP contribution in [0.25, 0.3) is 16.2 Å². The van der Waals surface area contributed by atoms with Gasteiger partial charge in [0.05, 0.1) is 22.3 Å². The molecule has 1 aliphatic rings. The summed E-state index contributed by atoms with van der Waals surface area (Å²) in [6.45, 7) is 0.722. The first-order valence-electron chi connectivity index (χ1n) is 7.40. The third-order valence-electron chi connectivity index (χ3n) is 3.94. The SMILES string of the molecule is O=S(=O)(Nc1cnc2c(I)cccc2c1)c1ccc2c(c1)CC[N-]2.[Ac]. The number of sulfonamides is 1. The second-order valence-corrected chi connectivity index (χ2v) is 8.41. The Morgan fingerprint density at radius 1 is 1.16 bits per heavy atom. The van der Waals surface area contributed by atoms with Gasteiger partial charge in [0, 0.05) is 53.0 Å². The summed E-state index contributed by atoms with van der Waals surface area (Å²) in [5.41, 5.74) is 3.18. The van der Waals surface area contributed by atoms with Gasteiger partial charge in [-0.3, -0.25) is 9.71 Å². The first-order chi connectivity index (χ1) is 11.5. The molecule has 2 heterocycles. The maximum Gasteiger partial charge on any atom is 0.261 e. The van der Waals surface area contributed by atoms with Crippen LogP contribution in [0.4, 0.5) is 11.4 Å². The van der Waals surface area contributed by atoms with Crippen LogP contribution in [-0.2, 0) is 16.4 Å². The van der Waals surface area contributed by atoms with Gasteiger partial charge in [-0.25, -0.2) is 8.42 Å². The third kappa shape index (κ3) is 3.97. The van der Waals surface area contributed by atoms with Gasteiger partial charge in [-0.05, 0) is 53.3 Å². The fourth-order valence-corrected chi connectivity index (χ4v) is 4.52. The van der Waals surface area contributed by atoms with Crippen LogP contribution in [0.5, 0.6) is 0 Å². The van der Waals surface area contributed by atoms with E-state index >= 15 is 0 Å². The number of hydrogen-bond donors (Lipinski definition) is 1. The number of nitrogens with zero attached hydrogens (tertiary/aromatic N) is 2. The summed E-state index contributed by atoms with van der Waals surface area (Å²) >= 11 is 2.21. The second kappa shape index (κ2) is 7.67. The number of nitrogens with one attached hydrogen (secondary N) is 1. The number of para-hydroxylation sites is 1. The predicted molar refractivity (Wildman–Crippen MR) is 103 cm³/mol. The van der Waals surface area contributed by atoms with Gasteiger partial charge in [0.15, 0.2) is 0 Å². The number of aromatic nitrogens is 1. The van der Waals surface area contributed by atoms with Gasteiger partial charge in [0.2, 0.25) is 0 Å². The minimum absolute atomic E-state index is 0. The molecule has 25 heavy (non-hydrogen) atoms. The largest absolute Gasteiger partial charge is 0.684 e. The van der Waals surface area contributed by atoms with Crippen LogP contribution in [0.15, 0.2) is 53.6 Å². The van der Waals surface area contributed by atoms with Crippen molar-refractivity contribution < 1.29 is 52.5 Å². The summed E-state index contributed by atoms with van der Waals surface area (Å²) in [6, 6.07) is 12.7. The summed E-state index contributed by atoms with van der Waals surface area (Å²) in [7, 11) is -3.65. The Morgan fingerprint density at radius 3 is 2.84 bits per heavy atom. The Kier molecular flexibility index (Phi) is 5.93. The maximum absolute atomic E-state index is 12.6. The van der Waals surface area contributed by atoms with E-state index in [1.165, 1.54) is 0 Å². The van der Waals surface area contributed by atoms with Gasteiger partial charge in [0.25, 0.3) is 10.0 Å². The van der Waals surface area contributed by atoms with Crippen LogP contribution in [0.3, 0.4) is 0 Å². The van der Waals surface area contributed by atoms with E-state index in [4.69, 9.17) is 0 Å². The van der Waals surface area contributed by atoms with Crippen LogP contribution in [0.2, 0.25) is 0 Å². The molecular weight excluding hydrogens is 664 g/mol. The van der Waals surface area contributed by atoms with Crippen molar-refractivity contribution in [2.24, 2.45) is 0 Å². The number of anilines is 1. The van der Waals surface area contributed by atoms with Crippen molar-refractivity contribution in [2.45, 2.75) is 11.3 Å². The number of fused-ring (bicyclic) bond motifs is 2. The standard InChI is InChI=1S/C17H13IN3O2S.Ac/c18-15-3-1-2-12-8-13(10-20-17(12)15)21-24(22,23)14-4-5-16-11(9-14)6-7-19-16;/h1-5,8-10,21H,6-7H2;/q-1;. The Bertz CT molecular complexity index is 1060. The van der Waals surface area contributed by atoms with Crippen molar-refractivity contribution in [1.29, 1.82) is 0 Å². The van der Waals surface area contributed by atoms with E-state index in [9.17, 15) is 8.42 Å². The number of hydrogen-bond acceptors (Lipinski definition) is 3. The maximum atomic E-state index is 12.6. The number of rotatable bonds is 3. The predicted octanol–water partition coefficient (Wildman–Crippen LogP) is 4.20. The molecule has 1 aromatic heterocycles. The van der Waals surface area contributed by atoms with Crippen LogP contribution in [0.1, 0.15) is 5.56 Å². The molecule has 1 aliphatic heterocycles. The summed E-state index contributed by atoms with van der Waals surface area (Å²) in [5.74, 6) is 0. The van der Waals surface area contributed by atoms with Gasteiger partial charge < -0.3 is 5.32 Å². The summed E-state index contributed by atoms with van der Waals surface area (Å²) in [6.07, 6.45) is 2.33. The Morgan fingerprint density at radius 2 is 2.00 bits per heavy atom. The molecule has 1 N–H and O–H groups in total. The van der Waals surface area contributed by atoms with Gasteiger partial charge >= 0.3 is 0 Å². The summed E-state index contributed by atoms with van der Waals surface area (Å²) in [4.78, 5) is 4.62. The molecule has 4 rings (SSSR count). The summed E-state index contributed by atoms with van der Waals surface area (Å²) in [5, 5.41) is 5.22. The van der Waals surface area contributed by atoms with E-state index in [1.807, 2.05) is 18.2 Å². The fourth-order valence-electron chi connectivity index (χ4n) is 2.77. The van der Waals surface area contributed by atoms with E-state index in [1.54, 1.807) is 30.5 Å². The van der Waals surface area contributed by atoms with Crippen molar-refractivity contribution in [3.63, 3.8) is 0 Å². The Labute approximate surface area is 195 Å². The molecule has 2 aromatic carbocycles. The monoisotopic (exact) mass is 677 g/mol. The molecule has 0 bridgehead atoms. The molecule has 0 saturated heterocycles. The molecule has 5 nitrogen and oxygen atoms in total. The first kappa shape index (κ1) is 19.3. The average molecular weight is 677 g/mol. The Balaban J connectivity index is 0.00000182. The van der Waals surface area contributed by atoms with Crippen LogP contribution < -0.4 is 4.72 Å². The molecule has 3 aromatic rings. The van der Waals surface area contributed by atoms with E-state index in [0.717, 1.165) is 38.7 Å². The minimum atomic E-state index is -3.65. The zero-order valence-electron chi connectivity index (χ0n) is 13.1. The van der Waals surface area contributed by atoms with Gasteiger partial charge in [-0.2, -0.15) is 0 Å². The molecule has 0 spiro atoms. The average Bonchev–Trinajstić information content (AvgIpc) is 3.02. The molecule has 8 heteroatoms.